The number of fused-ring (bicyclic) bond motifs is 2. The Morgan fingerprint density at radius 3 is 2.43 bits per heavy atom. The van der Waals surface area contributed by atoms with E-state index >= 15 is 0 Å². The molecule has 0 spiro atoms. The first kappa shape index (κ1) is 15.8. The van der Waals surface area contributed by atoms with Gasteiger partial charge in [0.1, 0.15) is 0 Å². The molecule has 2 heteroatoms. The Bertz CT molecular complexity index is 344. The first-order chi connectivity index (χ1) is 10.1. The Labute approximate surface area is 131 Å². The zero-order valence-corrected chi connectivity index (χ0v) is 14.5. The van der Waals surface area contributed by atoms with Crippen molar-refractivity contribution in [1.29, 1.82) is 0 Å². The van der Waals surface area contributed by atoms with Gasteiger partial charge >= 0.3 is 0 Å². The molecule has 0 amide bonds. The van der Waals surface area contributed by atoms with E-state index in [0.717, 1.165) is 24.3 Å². The Morgan fingerprint density at radius 2 is 1.90 bits per heavy atom. The van der Waals surface area contributed by atoms with Gasteiger partial charge in [0, 0.05) is 12.0 Å². The predicted molar refractivity (Wildman–Crippen MR) is 88.3 cm³/mol. The first-order valence-electron chi connectivity index (χ1n) is 9.49. The summed E-state index contributed by atoms with van der Waals surface area (Å²) in [4.78, 5) is 0. The van der Waals surface area contributed by atoms with E-state index < -0.39 is 0 Å². The highest BCUT2D eigenvalue weighted by molar-refractivity contribution is 4.97. The van der Waals surface area contributed by atoms with Crippen LogP contribution in [0.3, 0.4) is 0 Å². The Morgan fingerprint density at radius 1 is 1.10 bits per heavy atom. The average Bonchev–Trinajstić information content (AvgIpc) is 3.12. The highest BCUT2D eigenvalue weighted by Crippen LogP contribution is 2.51. The summed E-state index contributed by atoms with van der Waals surface area (Å²) in [6.07, 6.45) is 9.56. The minimum absolute atomic E-state index is 0.419. The topological polar surface area (TPSA) is 21.3 Å². The van der Waals surface area contributed by atoms with E-state index in [0.29, 0.717) is 30.1 Å². The molecular weight excluding hydrogens is 258 g/mol. The van der Waals surface area contributed by atoms with Crippen molar-refractivity contribution in [2.24, 2.45) is 29.6 Å². The fourth-order valence-electron chi connectivity index (χ4n) is 5.68. The third-order valence-electron chi connectivity index (χ3n) is 6.88. The van der Waals surface area contributed by atoms with Crippen LogP contribution in [0.2, 0.25) is 0 Å². The Hall–Kier alpha value is -0.0800. The van der Waals surface area contributed by atoms with Crippen LogP contribution in [0.25, 0.3) is 0 Å². The normalized spacial score (nSPS) is 47.1. The predicted octanol–water partition coefficient (Wildman–Crippen LogP) is 4.24. The van der Waals surface area contributed by atoms with Crippen LogP contribution in [0.1, 0.15) is 66.2 Å². The molecule has 3 aliphatic rings. The maximum Gasteiger partial charge on any atom is 0.0597 e. The van der Waals surface area contributed by atoms with Gasteiger partial charge in [0.2, 0.25) is 0 Å². The largest absolute Gasteiger partial charge is 0.375 e. The second-order valence-electron chi connectivity index (χ2n) is 8.21. The van der Waals surface area contributed by atoms with Crippen LogP contribution >= 0.6 is 0 Å². The van der Waals surface area contributed by atoms with E-state index in [1.807, 2.05) is 0 Å². The summed E-state index contributed by atoms with van der Waals surface area (Å²) in [6.45, 7) is 10.4. The molecule has 3 fully saturated rings. The maximum atomic E-state index is 6.13. The van der Waals surface area contributed by atoms with E-state index in [-0.39, 0.29) is 0 Å². The van der Waals surface area contributed by atoms with Crippen molar-refractivity contribution in [3.05, 3.63) is 0 Å². The van der Waals surface area contributed by atoms with Gasteiger partial charge in [0.15, 0.2) is 0 Å². The van der Waals surface area contributed by atoms with E-state index in [2.05, 4.69) is 33.0 Å². The second-order valence-corrected chi connectivity index (χ2v) is 8.21. The molecule has 122 valence electrons. The third-order valence-corrected chi connectivity index (χ3v) is 6.88. The minimum Gasteiger partial charge on any atom is -0.375 e. The van der Waals surface area contributed by atoms with Crippen molar-refractivity contribution in [2.75, 3.05) is 6.54 Å². The summed E-state index contributed by atoms with van der Waals surface area (Å²) in [6, 6.07) is 0.671. The van der Waals surface area contributed by atoms with E-state index in [1.54, 1.807) is 0 Å². The number of nitrogens with one attached hydrogen (secondary N) is 1. The van der Waals surface area contributed by atoms with Gasteiger partial charge in [0.05, 0.1) is 12.2 Å². The van der Waals surface area contributed by atoms with Crippen LogP contribution < -0.4 is 5.32 Å². The molecule has 1 N–H and O–H groups in total. The zero-order chi connectivity index (χ0) is 15.0. The molecule has 2 aliphatic carbocycles. The second kappa shape index (κ2) is 6.58. The van der Waals surface area contributed by atoms with Gasteiger partial charge in [-0.2, -0.15) is 0 Å². The Kier molecular flexibility index (Phi) is 4.95. The molecule has 0 aromatic rings. The quantitative estimate of drug-likeness (QED) is 0.791. The molecule has 8 atom stereocenters. The van der Waals surface area contributed by atoms with Crippen molar-refractivity contribution < 1.29 is 4.74 Å². The SMILES string of the molecule is CCCNC(CC1CC2CCC1C2)C1C(C)OC(C)C1C. The molecule has 1 saturated heterocycles. The van der Waals surface area contributed by atoms with Crippen molar-refractivity contribution in [1.82, 2.24) is 5.32 Å². The summed E-state index contributed by atoms with van der Waals surface area (Å²) >= 11 is 0. The van der Waals surface area contributed by atoms with E-state index in [1.165, 1.54) is 38.5 Å². The molecule has 1 aliphatic heterocycles. The molecule has 8 unspecified atom stereocenters. The molecule has 0 aromatic carbocycles. The molecule has 3 rings (SSSR count). The average molecular weight is 293 g/mol. The van der Waals surface area contributed by atoms with Gasteiger partial charge in [-0.1, -0.05) is 20.3 Å². The highest BCUT2D eigenvalue weighted by atomic mass is 16.5. The maximum absolute atomic E-state index is 6.13. The fourth-order valence-corrected chi connectivity index (χ4v) is 5.68. The van der Waals surface area contributed by atoms with Gasteiger partial charge in [-0.25, -0.2) is 0 Å². The van der Waals surface area contributed by atoms with E-state index in [4.69, 9.17) is 4.74 Å². The van der Waals surface area contributed by atoms with Crippen LogP contribution in [-0.2, 0) is 4.74 Å². The van der Waals surface area contributed by atoms with Crippen LogP contribution in [-0.4, -0.2) is 24.8 Å². The summed E-state index contributed by atoms with van der Waals surface area (Å²) in [5.41, 5.74) is 0. The van der Waals surface area contributed by atoms with Gasteiger partial charge in [-0.15, -0.1) is 0 Å². The summed E-state index contributed by atoms with van der Waals surface area (Å²) < 4.78 is 6.13. The summed E-state index contributed by atoms with van der Waals surface area (Å²) in [7, 11) is 0. The van der Waals surface area contributed by atoms with Crippen molar-refractivity contribution in [3.8, 4) is 0 Å². The van der Waals surface area contributed by atoms with Crippen molar-refractivity contribution in [3.63, 3.8) is 0 Å². The van der Waals surface area contributed by atoms with Gasteiger partial charge < -0.3 is 10.1 Å². The lowest BCUT2D eigenvalue weighted by Gasteiger charge is -2.34. The lowest BCUT2D eigenvalue weighted by molar-refractivity contribution is 0.0458. The van der Waals surface area contributed by atoms with Crippen LogP contribution in [0.5, 0.6) is 0 Å². The lowest BCUT2D eigenvalue weighted by Crippen LogP contribution is -2.44. The number of hydrogen-bond donors (Lipinski definition) is 1. The molecule has 2 nitrogen and oxygen atoms in total. The molecule has 0 radical (unpaired) electrons. The van der Waals surface area contributed by atoms with Crippen molar-refractivity contribution >= 4 is 0 Å². The van der Waals surface area contributed by atoms with Crippen LogP contribution in [0.4, 0.5) is 0 Å². The molecular formula is C19H35NO. The molecule has 2 saturated carbocycles. The van der Waals surface area contributed by atoms with Gasteiger partial charge in [-0.05, 0) is 76.2 Å². The number of ether oxygens (including phenoxy) is 1. The van der Waals surface area contributed by atoms with Gasteiger partial charge in [-0.3, -0.25) is 0 Å². The molecule has 1 heterocycles. The smallest absolute Gasteiger partial charge is 0.0597 e. The molecule has 21 heavy (non-hydrogen) atoms. The van der Waals surface area contributed by atoms with E-state index in [9.17, 15) is 0 Å². The van der Waals surface area contributed by atoms with Crippen molar-refractivity contribution in [2.45, 2.75) is 84.5 Å². The fraction of sp³-hybridized carbons (Fsp3) is 1.00. The lowest BCUT2D eigenvalue weighted by atomic mass is 9.76. The number of rotatable bonds is 6. The molecule has 0 aromatic heterocycles. The van der Waals surface area contributed by atoms with Crippen LogP contribution in [0, 0.1) is 29.6 Å². The summed E-state index contributed by atoms with van der Waals surface area (Å²) in [5.74, 6) is 4.50. The highest BCUT2D eigenvalue weighted by Gasteiger charge is 2.45. The zero-order valence-electron chi connectivity index (χ0n) is 14.5. The third kappa shape index (κ3) is 3.17. The van der Waals surface area contributed by atoms with Crippen LogP contribution in [0.15, 0.2) is 0 Å². The standard InChI is InChI=1S/C19H35NO/c1-5-8-20-18(19-12(2)13(3)21-14(19)4)11-17-10-15-6-7-16(17)9-15/h12-20H,5-11H2,1-4H3. The molecule has 2 bridgehead atoms. The first-order valence-corrected chi connectivity index (χ1v) is 9.49. The van der Waals surface area contributed by atoms with Gasteiger partial charge in [0.25, 0.3) is 0 Å². The monoisotopic (exact) mass is 293 g/mol. The number of hydrogen-bond acceptors (Lipinski definition) is 2. The summed E-state index contributed by atoms with van der Waals surface area (Å²) in [5, 5.41) is 3.90. The Balaban J connectivity index is 1.65. The minimum atomic E-state index is 0.419.